The van der Waals surface area contributed by atoms with E-state index in [4.69, 9.17) is 11.4 Å². The predicted octanol–water partition coefficient (Wildman–Crippen LogP) is 3.14. The van der Waals surface area contributed by atoms with Crippen LogP contribution in [-0.2, 0) is 28.2 Å². The van der Waals surface area contributed by atoms with Crippen molar-refractivity contribution in [3.05, 3.63) is 71.0 Å². The van der Waals surface area contributed by atoms with Crippen molar-refractivity contribution >= 4 is 22.1 Å². The van der Waals surface area contributed by atoms with E-state index in [1.165, 1.54) is 10.6 Å². The molecule has 0 spiro atoms. The number of rotatable bonds is 3. The van der Waals surface area contributed by atoms with Gasteiger partial charge in [-0.1, -0.05) is 5.92 Å². The summed E-state index contributed by atoms with van der Waals surface area (Å²) in [6.45, 7) is 0. The van der Waals surface area contributed by atoms with Gasteiger partial charge in [0.2, 0.25) is 0 Å². The molecule has 6 aromatic rings. The van der Waals surface area contributed by atoms with Crippen LogP contribution in [0.4, 0.5) is 4.39 Å². The highest BCUT2D eigenvalue weighted by Gasteiger charge is 2.22. The normalized spacial score (nSPS) is 11.6. The van der Waals surface area contributed by atoms with Gasteiger partial charge in [-0.3, -0.25) is 18.4 Å². The third-order valence-electron chi connectivity index (χ3n) is 6.56. The highest BCUT2D eigenvalue weighted by atomic mass is 19.1. The Bertz CT molecular complexity index is 1940. The Morgan fingerprint density at radius 1 is 1.00 bits per heavy atom. The number of hydrogen-bond acceptors (Lipinski definition) is 4. The number of halogens is 1. The molecule has 0 radical (unpaired) electrons. The molecule has 0 aliphatic rings. The molecule has 0 N–H and O–H groups in total. The molecule has 10 heteroatoms. The second kappa shape index (κ2) is 7.55. The Hall–Kier alpha value is -4.91. The summed E-state index contributed by atoms with van der Waals surface area (Å²) >= 11 is 0. The van der Waals surface area contributed by atoms with E-state index in [1.54, 1.807) is 61.4 Å². The summed E-state index contributed by atoms with van der Waals surface area (Å²) in [5, 5.41) is 4.17. The van der Waals surface area contributed by atoms with Gasteiger partial charge in [0.15, 0.2) is 5.82 Å². The number of imidazole rings is 3. The van der Waals surface area contributed by atoms with Gasteiger partial charge in [-0.15, -0.1) is 6.42 Å². The number of fused-ring (bicyclic) bond motifs is 2. The number of hydrogen-bond donors (Lipinski definition) is 0. The van der Waals surface area contributed by atoms with E-state index in [2.05, 4.69) is 16.0 Å². The Kier molecular flexibility index (Phi) is 4.53. The zero-order valence-corrected chi connectivity index (χ0v) is 20.1. The Morgan fingerprint density at radius 3 is 2.47 bits per heavy atom. The largest absolute Gasteiger partial charge is 0.331 e. The van der Waals surface area contributed by atoms with Gasteiger partial charge in [-0.2, -0.15) is 5.10 Å². The van der Waals surface area contributed by atoms with Crippen LogP contribution in [0.1, 0.15) is 5.56 Å². The molecule has 0 aliphatic carbocycles. The summed E-state index contributed by atoms with van der Waals surface area (Å²) < 4.78 is 23.9. The molecule has 0 aliphatic heterocycles. The second-order valence-electron chi connectivity index (χ2n) is 8.79. The van der Waals surface area contributed by atoms with Crippen LogP contribution in [0.5, 0.6) is 0 Å². The molecule has 9 nitrogen and oxygen atoms in total. The molecule has 0 bridgehead atoms. The number of aromatic nitrogens is 8. The molecule has 0 fully saturated rings. The van der Waals surface area contributed by atoms with Crippen molar-refractivity contribution in [2.24, 2.45) is 28.2 Å². The minimum Gasteiger partial charge on any atom is -0.331 e. The first kappa shape index (κ1) is 21.6. The van der Waals surface area contributed by atoms with E-state index >= 15 is 4.39 Å². The van der Waals surface area contributed by atoms with Crippen LogP contribution < -0.4 is 5.69 Å². The molecule has 6 rings (SSSR count). The minimum atomic E-state index is -0.404. The average molecular weight is 481 g/mol. The van der Waals surface area contributed by atoms with Crippen LogP contribution in [0.15, 0.2) is 54.0 Å². The topological polar surface area (TPSA) is 80.4 Å². The van der Waals surface area contributed by atoms with Crippen LogP contribution in [0.2, 0.25) is 0 Å². The maximum Gasteiger partial charge on any atom is 0.328 e. The third kappa shape index (κ3) is 2.96. The fourth-order valence-electron chi connectivity index (χ4n) is 4.76. The van der Waals surface area contributed by atoms with Crippen molar-refractivity contribution in [3.8, 4) is 40.7 Å². The van der Waals surface area contributed by atoms with Gasteiger partial charge >= 0.3 is 5.69 Å². The number of aryl methyl sites for hydroxylation is 4. The van der Waals surface area contributed by atoms with E-state index in [1.807, 2.05) is 28.3 Å². The lowest BCUT2D eigenvalue weighted by Gasteiger charge is -2.12. The first-order chi connectivity index (χ1) is 17.3. The molecule has 4 heterocycles. The average Bonchev–Trinajstić information content (AvgIpc) is 3.62. The smallest absolute Gasteiger partial charge is 0.328 e. The van der Waals surface area contributed by atoms with Crippen molar-refractivity contribution in [1.29, 1.82) is 0 Å². The van der Waals surface area contributed by atoms with Crippen molar-refractivity contribution < 1.29 is 4.39 Å². The predicted molar refractivity (Wildman–Crippen MR) is 135 cm³/mol. The van der Waals surface area contributed by atoms with Crippen LogP contribution >= 0.6 is 0 Å². The summed E-state index contributed by atoms with van der Waals surface area (Å²) in [4.78, 5) is 21.8. The van der Waals surface area contributed by atoms with E-state index in [0.717, 1.165) is 5.69 Å². The van der Waals surface area contributed by atoms with Crippen molar-refractivity contribution in [2.75, 3.05) is 0 Å². The standard InChI is InChI=1S/C26H21FN8O/c1-6-15-7-17(8-22-24(15)34(5)26(36)33(22)4)35-21-10-19(27)18(16-11-29-32(3)13-16)9-20(21)30-25(35)23-12-28-14-31(23)2/h1,7-14H,2-5H3. The number of terminal acetylenes is 1. The van der Waals surface area contributed by atoms with Gasteiger partial charge in [-0.05, 0) is 18.2 Å². The van der Waals surface area contributed by atoms with E-state index in [9.17, 15) is 4.79 Å². The Balaban J connectivity index is 1.72. The maximum absolute atomic E-state index is 15.5. The van der Waals surface area contributed by atoms with Crippen LogP contribution in [0, 0.1) is 18.2 Å². The molecule has 0 unspecified atom stereocenters. The maximum atomic E-state index is 15.5. The molecule has 36 heavy (non-hydrogen) atoms. The van der Waals surface area contributed by atoms with Gasteiger partial charge in [0, 0.05) is 51.6 Å². The summed E-state index contributed by atoms with van der Waals surface area (Å²) in [7, 11) is 7.03. The van der Waals surface area contributed by atoms with Gasteiger partial charge in [0.05, 0.1) is 52.0 Å². The molecule has 4 aromatic heterocycles. The lowest BCUT2D eigenvalue weighted by atomic mass is 10.1. The summed E-state index contributed by atoms with van der Waals surface area (Å²) in [5.41, 5.74) is 5.29. The molecular formula is C26H21FN8O. The lowest BCUT2D eigenvalue weighted by Crippen LogP contribution is -2.19. The highest BCUT2D eigenvalue weighted by Crippen LogP contribution is 2.34. The zero-order valence-electron chi connectivity index (χ0n) is 20.1. The number of benzene rings is 2. The molecule has 178 valence electrons. The summed E-state index contributed by atoms with van der Waals surface area (Å²) in [5.74, 6) is 2.87. The van der Waals surface area contributed by atoms with E-state index in [0.29, 0.717) is 50.3 Å². The summed E-state index contributed by atoms with van der Waals surface area (Å²) in [6, 6.07) is 6.87. The van der Waals surface area contributed by atoms with Gasteiger partial charge in [-0.25, -0.2) is 19.2 Å². The van der Waals surface area contributed by atoms with Gasteiger partial charge in [0.1, 0.15) is 11.5 Å². The summed E-state index contributed by atoms with van der Waals surface area (Å²) in [6.07, 6.45) is 12.6. The first-order valence-electron chi connectivity index (χ1n) is 11.1. The molecule has 0 saturated heterocycles. The van der Waals surface area contributed by atoms with Crippen molar-refractivity contribution in [1.82, 2.24) is 38.0 Å². The van der Waals surface area contributed by atoms with Gasteiger partial charge < -0.3 is 4.57 Å². The fourth-order valence-corrected chi connectivity index (χ4v) is 4.76. The molecule has 2 aromatic carbocycles. The lowest BCUT2D eigenvalue weighted by molar-refractivity contribution is 0.632. The van der Waals surface area contributed by atoms with Crippen LogP contribution in [0.3, 0.4) is 0 Å². The van der Waals surface area contributed by atoms with Gasteiger partial charge in [0.25, 0.3) is 0 Å². The van der Waals surface area contributed by atoms with E-state index in [-0.39, 0.29) is 5.69 Å². The monoisotopic (exact) mass is 480 g/mol. The third-order valence-corrected chi connectivity index (χ3v) is 6.56. The first-order valence-corrected chi connectivity index (χ1v) is 11.1. The number of nitrogens with zero attached hydrogens (tertiary/aromatic N) is 8. The minimum absolute atomic E-state index is 0.187. The Morgan fingerprint density at radius 2 is 1.81 bits per heavy atom. The SMILES string of the molecule is C#Cc1cc(-n2c(-c3cncn3C)nc3cc(-c4cnn(C)c4)c(F)cc32)cc2c1n(C)c(=O)n2C. The van der Waals surface area contributed by atoms with Crippen LogP contribution in [-0.4, -0.2) is 38.0 Å². The molecular weight excluding hydrogens is 459 g/mol. The van der Waals surface area contributed by atoms with Crippen molar-refractivity contribution in [3.63, 3.8) is 0 Å². The van der Waals surface area contributed by atoms with E-state index < -0.39 is 5.82 Å². The Labute approximate surface area is 204 Å². The fraction of sp³-hybridized carbons (Fsp3) is 0.154. The molecule has 0 atom stereocenters. The molecule has 0 amide bonds. The van der Waals surface area contributed by atoms with Crippen molar-refractivity contribution in [2.45, 2.75) is 0 Å². The quantitative estimate of drug-likeness (QED) is 0.365. The van der Waals surface area contributed by atoms with Crippen LogP contribution in [0.25, 0.3) is 50.4 Å². The zero-order chi connectivity index (χ0) is 25.3. The highest BCUT2D eigenvalue weighted by molar-refractivity contribution is 5.90. The second-order valence-corrected chi connectivity index (χ2v) is 8.79. The molecule has 0 saturated carbocycles.